The topological polar surface area (TPSA) is 49.8 Å². The van der Waals surface area contributed by atoms with E-state index in [-0.39, 0.29) is 12.5 Å². The van der Waals surface area contributed by atoms with E-state index in [2.05, 4.69) is 0 Å². The van der Waals surface area contributed by atoms with Gasteiger partial charge in [-0.15, -0.1) is 0 Å². The number of carbonyl (C=O) groups excluding carboxylic acids is 1. The summed E-state index contributed by atoms with van der Waals surface area (Å²) in [7, 11) is 0. The molecule has 0 bridgehead atoms. The van der Waals surface area contributed by atoms with Crippen LogP contribution in [0, 0.1) is 0 Å². The molecule has 0 unspecified atom stereocenters. The minimum atomic E-state index is -0.547. The van der Waals surface area contributed by atoms with E-state index in [1.165, 1.54) is 12.8 Å². The number of likely N-dealkylation sites (tertiary alicyclic amines) is 1. The summed E-state index contributed by atoms with van der Waals surface area (Å²) in [5.41, 5.74) is 0.753. The maximum atomic E-state index is 12.2. The molecule has 1 heterocycles. The number of carbonyl (C=O) groups is 1. The van der Waals surface area contributed by atoms with Gasteiger partial charge in [-0.25, -0.2) is 0 Å². The number of hydrogen-bond acceptors (Lipinski definition) is 3. The summed E-state index contributed by atoms with van der Waals surface area (Å²) in [6.07, 6.45) is 4.65. The van der Waals surface area contributed by atoms with E-state index in [0.717, 1.165) is 31.5 Å². The highest BCUT2D eigenvalue weighted by Gasteiger charge is 2.17. The zero-order chi connectivity index (χ0) is 15.1. The van der Waals surface area contributed by atoms with E-state index in [9.17, 15) is 9.90 Å². The van der Waals surface area contributed by atoms with E-state index >= 15 is 0 Å². The van der Waals surface area contributed by atoms with Crippen LogP contribution < -0.4 is 4.74 Å². The molecule has 21 heavy (non-hydrogen) atoms. The highest BCUT2D eigenvalue weighted by molar-refractivity contribution is 5.77. The largest absolute Gasteiger partial charge is 0.483 e. The first-order valence-electron chi connectivity index (χ1n) is 7.90. The van der Waals surface area contributed by atoms with Crippen LogP contribution in [-0.2, 0) is 4.79 Å². The third-order valence-corrected chi connectivity index (χ3v) is 3.97. The van der Waals surface area contributed by atoms with Crippen molar-refractivity contribution < 1.29 is 14.6 Å². The zero-order valence-electron chi connectivity index (χ0n) is 12.8. The molecule has 1 N–H and O–H groups in total. The number of hydrogen-bond donors (Lipinski definition) is 1. The molecule has 0 aromatic heterocycles. The van der Waals surface area contributed by atoms with Crippen molar-refractivity contribution in [2.45, 2.75) is 45.1 Å². The van der Waals surface area contributed by atoms with E-state index in [1.807, 2.05) is 36.1 Å². The second kappa shape index (κ2) is 8.03. The smallest absolute Gasteiger partial charge is 0.260 e. The van der Waals surface area contributed by atoms with E-state index < -0.39 is 6.10 Å². The van der Waals surface area contributed by atoms with E-state index in [0.29, 0.717) is 12.2 Å². The van der Waals surface area contributed by atoms with Crippen molar-refractivity contribution in [2.24, 2.45) is 0 Å². The molecule has 0 saturated carbocycles. The lowest BCUT2D eigenvalue weighted by Crippen LogP contribution is -2.35. The van der Waals surface area contributed by atoms with Gasteiger partial charge in [-0.2, -0.15) is 0 Å². The standard InChI is InChI=1S/C17H25NO3/c1-2-15(19)14-9-5-6-10-16(14)21-13-17(20)18-11-7-3-4-8-12-18/h5-6,9-10,15,19H,2-4,7-8,11-13H2,1H3/t15-/m1/s1. The normalized spacial score (nSPS) is 17.1. The Hall–Kier alpha value is -1.55. The van der Waals surface area contributed by atoms with Crippen LogP contribution in [0.15, 0.2) is 24.3 Å². The Morgan fingerprint density at radius 2 is 1.90 bits per heavy atom. The summed E-state index contributed by atoms with van der Waals surface area (Å²) < 4.78 is 5.66. The van der Waals surface area contributed by atoms with Gasteiger partial charge in [0.1, 0.15) is 5.75 Å². The van der Waals surface area contributed by atoms with Crippen molar-refractivity contribution in [1.82, 2.24) is 4.90 Å². The van der Waals surface area contributed by atoms with Gasteiger partial charge in [-0.1, -0.05) is 38.0 Å². The number of aliphatic hydroxyl groups excluding tert-OH is 1. The quantitative estimate of drug-likeness (QED) is 0.907. The van der Waals surface area contributed by atoms with Crippen molar-refractivity contribution in [1.29, 1.82) is 0 Å². The highest BCUT2D eigenvalue weighted by Crippen LogP contribution is 2.26. The second-order valence-electron chi connectivity index (χ2n) is 5.55. The Morgan fingerprint density at radius 3 is 2.57 bits per heavy atom. The number of amides is 1. The summed E-state index contributed by atoms with van der Waals surface area (Å²) in [6.45, 7) is 3.64. The van der Waals surface area contributed by atoms with E-state index in [4.69, 9.17) is 4.74 Å². The van der Waals surface area contributed by atoms with Gasteiger partial charge in [-0.05, 0) is 25.3 Å². The van der Waals surface area contributed by atoms with Crippen LogP contribution in [0.4, 0.5) is 0 Å². The van der Waals surface area contributed by atoms with Crippen LogP contribution in [0.5, 0.6) is 5.75 Å². The molecule has 0 radical (unpaired) electrons. The molecule has 1 saturated heterocycles. The molecule has 1 atom stereocenters. The number of para-hydroxylation sites is 1. The van der Waals surface area contributed by atoms with Gasteiger partial charge in [-0.3, -0.25) is 4.79 Å². The lowest BCUT2D eigenvalue weighted by molar-refractivity contribution is -0.133. The average Bonchev–Trinajstić information content (AvgIpc) is 2.81. The Morgan fingerprint density at radius 1 is 1.24 bits per heavy atom. The fourth-order valence-electron chi connectivity index (χ4n) is 2.66. The summed E-state index contributed by atoms with van der Waals surface area (Å²) in [4.78, 5) is 14.1. The minimum Gasteiger partial charge on any atom is -0.483 e. The fraction of sp³-hybridized carbons (Fsp3) is 0.588. The van der Waals surface area contributed by atoms with Gasteiger partial charge in [0.15, 0.2) is 6.61 Å². The molecule has 1 aliphatic heterocycles. The molecule has 1 aromatic rings. The molecule has 1 fully saturated rings. The van der Waals surface area contributed by atoms with Crippen molar-refractivity contribution in [2.75, 3.05) is 19.7 Å². The van der Waals surface area contributed by atoms with Gasteiger partial charge < -0.3 is 14.7 Å². The van der Waals surface area contributed by atoms with Crippen LogP contribution in [-0.4, -0.2) is 35.6 Å². The van der Waals surface area contributed by atoms with E-state index in [1.54, 1.807) is 0 Å². The summed E-state index contributed by atoms with van der Waals surface area (Å²) in [5.74, 6) is 0.646. The maximum absolute atomic E-state index is 12.2. The van der Waals surface area contributed by atoms with Crippen molar-refractivity contribution in [3.63, 3.8) is 0 Å². The highest BCUT2D eigenvalue weighted by atomic mass is 16.5. The number of rotatable bonds is 5. The molecule has 2 rings (SSSR count). The van der Waals surface area contributed by atoms with Crippen LogP contribution in [0.3, 0.4) is 0 Å². The molecule has 4 heteroatoms. The summed E-state index contributed by atoms with van der Waals surface area (Å²) >= 11 is 0. The monoisotopic (exact) mass is 291 g/mol. The first-order chi connectivity index (χ1) is 10.2. The van der Waals surface area contributed by atoms with Crippen molar-refractivity contribution >= 4 is 5.91 Å². The predicted octanol–water partition coefficient (Wildman–Crippen LogP) is 2.91. The molecule has 0 aliphatic carbocycles. The first-order valence-corrected chi connectivity index (χ1v) is 7.90. The summed E-state index contributed by atoms with van der Waals surface area (Å²) in [5, 5.41) is 9.99. The van der Waals surface area contributed by atoms with Gasteiger partial charge in [0.25, 0.3) is 5.91 Å². The molecular formula is C17H25NO3. The Balaban J connectivity index is 1.94. The number of benzene rings is 1. The number of aliphatic hydroxyl groups is 1. The molecule has 1 aromatic carbocycles. The summed E-state index contributed by atoms with van der Waals surface area (Å²) in [6, 6.07) is 7.39. The fourth-order valence-corrected chi connectivity index (χ4v) is 2.66. The Kier molecular flexibility index (Phi) is 6.05. The molecule has 1 aliphatic rings. The Bertz CT molecular complexity index is 453. The SMILES string of the molecule is CC[C@@H](O)c1ccccc1OCC(=O)N1CCCCCC1. The van der Waals surface area contributed by atoms with Crippen LogP contribution in [0.25, 0.3) is 0 Å². The molecule has 4 nitrogen and oxygen atoms in total. The Labute approximate surface area is 126 Å². The lowest BCUT2D eigenvalue weighted by atomic mass is 10.1. The van der Waals surface area contributed by atoms with Crippen molar-refractivity contribution in [3.8, 4) is 5.75 Å². The molecule has 116 valence electrons. The third-order valence-electron chi connectivity index (χ3n) is 3.97. The van der Waals surface area contributed by atoms with Crippen molar-refractivity contribution in [3.05, 3.63) is 29.8 Å². The molecule has 1 amide bonds. The molecule has 0 spiro atoms. The maximum Gasteiger partial charge on any atom is 0.260 e. The number of ether oxygens (including phenoxy) is 1. The van der Waals surface area contributed by atoms with Gasteiger partial charge in [0.05, 0.1) is 6.10 Å². The third kappa shape index (κ3) is 4.46. The first kappa shape index (κ1) is 15.8. The van der Waals surface area contributed by atoms with Crippen LogP contribution in [0.2, 0.25) is 0 Å². The van der Waals surface area contributed by atoms with Gasteiger partial charge in [0, 0.05) is 18.7 Å². The second-order valence-corrected chi connectivity index (χ2v) is 5.55. The van der Waals surface area contributed by atoms with Crippen LogP contribution >= 0.6 is 0 Å². The van der Waals surface area contributed by atoms with Gasteiger partial charge >= 0.3 is 0 Å². The van der Waals surface area contributed by atoms with Gasteiger partial charge in [0.2, 0.25) is 0 Å². The average molecular weight is 291 g/mol. The minimum absolute atomic E-state index is 0.0395. The lowest BCUT2D eigenvalue weighted by Gasteiger charge is -2.21. The van der Waals surface area contributed by atoms with Crippen LogP contribution in [0.1, 0.15) is 50.7 Å². The number of nitrogens with zero attached hydrogens (tertiary/aromatic N) is 1. The predicted molar refractivity (Wildman–Crippen MR) is 82.2 cm³/mol. The molecular weight excluding hydrogens is 266 g/mol. The zero-order valence-corrected chi connectivity index (χ0v) is 12.8.